The lowest BCUT2D eigenvalue weighted by atomic mass is 10.1. The van der Waals surface area contributed by atoms with Gasteiger partial charge in [0.1, 0.15) is 19.8 Å². The second kappa shape index (κ2) is 56.8. The molecule has 0 aromatic carbocycles. The average molecular weight is 1100 g/mol. The Labute approximate surface area is 476 Å². The zero-order valence-electron chi connectivity index (χ0n) is 49.3. The molecule has 436 valence electrons. The van der Waals surface area contributed by atoms with E-state index < -0.39 is 32.5 Å². The van der Waals surface area contributed by atoms with Crippen LogP contribution < -0.4 is 4.89 Å². The fourth-order valence-corrected chi connectivity index (χ4v) is 7.67. The molecule has 0 aromatic heterocycles. The number of phosphoric acid groups is 1. The van der Waals surface area contributed by atoms with Crippen LogP contribution in [0, 0.1) is 0 Å². The molecule has 0 rings (SSSR count). The van der Waals surface area contributed by atoms with E-state index in [1.165, 1.54) is 0 Å². The lowest BCUT2D eigenvalue weighted by molar-refractivity contribution is -0.870. The topological polar surface area (TPSA) is 111 Å². The molecule has 0 bridgehead atoms. The molecule has 0 aromatic rings. The van der Waals surface area contributed by atoms with Gasteiger partial charge in [0.15, 0.2) is 6.10 Å². The average Bonchev–Trinajstić information content (AvgIpc) is 3.41. The summed E-state index contributed by atoms with van der Waals surface area (Å²) in [5.41, 5.74) is 0. The predicted molar refractivity (Wildman–Crippen MR) is 332 cm³/mol. The van der Waals surface area contributed by atoms with Crippen molar-refractivity contribution in [3.63, 3.8) is 0 Å². The number of ether oxygens (including phenoxy) is 2. The van der Waals surface area contributed by atoms with Crippen LogP contribution in [0.15, 0.2) is 182 Å². The molecule has 0 amide bonds. The Hall–Kier alpha value is -4.89. The van der Waals surface area contributed by atoms with Gasteiger partial charge >= 0.3 is 11.9 Å². The first-order chi connectivity index (χ1) is 38.0. The number of hydrogen-bond acceptors (Lipinski definition) is 8. The predicted octanol–water partition coefficient (Wildman–Crippen LogP) is 18.2. The van der Waals surface area contributed by atoms with Crippen molar-refractivity contribution in [3.05, 3.63) is 182 Å². The Kier molecular flexibility index (Phi) is 53.3. The molecule has 0 radical (unpaired) electrons. The van der Waals surface area contributed by atoms with E-state index in [-0.39, 0.29) is 26.1 Å². The number of allylic oxidation sites excluding steroid dienone is 30. The molecule has 9 nitrogen and oxygen atoms in total. The maximum atomic E-state index is 12.8. The number of quaternary nitrogens is 1. The molecule has 0 N–H and O–H groups in total. The number of esters is 2. The SMILES string of the molecule is CC/C=C\C/C=C\C/C=C\C/C=C\C/C=C\C/C=C\C/C=C\C/C=C\C/C=C\C/C=C\CCCCC(=O)OC(COC(=O)CCCCCCC/C=C\C/C=C\C/C=C\C/C=C\C/C=C\CC)COP(=O)([O-])OCC[N+](C)(C)C. The minimum atomic E-state index is -4.67. The first-order valence-corrected chi connectivity index (χ1v) is 31.0. The molecule has 0 aliphatic carbocycles. The molecule has 0 heterocycles. The summed E-state index contributed by atoms with van der Waals surface area (Å²) in [7, 11) is 1.09. The van der Waals surface area contributed by atoms with E-state index in [2.05, 4.69) is 196 Å². The van der Waals surface area contributed by atoms with E-state index in [9.17, 15) is 19.0 Å². The highest BCUT2D eigenvalue weighted by Gasteiger charge is 2.21. The Bertz CT molecular complexity index is 1970. The van der Waals surface area contributed by atoms with E-state index in [0.29, 0.717) is 23.9 Å². The van der Waals surface area contributed by atoms with Crippen LogP contribution >= 0.6 is 7.82 Å². The summed E-state index contributed by atoms with van der Waals surface area (Å²) in [6.07, 6.45) is 88.0. The van der Waals surface area contributed by atoms with Gasteiger partial charge in [-0.05, 0) is 135 Å². The van der Waals surface area contributed by atoms with Crippen LogP contribution in [-0.2, 0) is 32.7 Å². The first kappa shape index (κ1) is 73.1. The van der Waals surface area contributed by atoms with Crippen molar-refractivity contribution in [1.29, 1.82) is 0 Å². The number of nitrogens with zero attached hydrogens (tertiary/aromatic N) is 1. The van der Waals surface area contributed by atoms with Crippen LogP contribution in [0.4, 0.5) is 0 Å². The summed E-state index contributed by atoms with van der Waals surface area (Å²) >= 11 is 0. The quantitative estimate of drug-likeness (QED) is 0.0195. The van der Waals surface area contributed by atoms with Gasteiger partial charge in [-0.2, -0.15) is 0 Å². The number of rotatable bonds is 51. The molecule has 0 saturated heterocycles. The summed E-state index contributed by atoms with van der Waals surface area (Å²) in [5, 5.41) is 0. The highest BCUT2D eigenvalue weighted by molar-refractivity contribution is 7.45. The van der Waals surface area contributed by atoms with Crippen molar-refractivity contribution in [1.82, 2.24) is 0 Å². The molecule has 0 spiro atoms. The maximum Gasteiger partial charge on any atom is 0.306 e. The Morgan fingerprint density at radius 2 is 0.692 bits per heavy atom. The molecule has 0 aliphatic rings. The second-order valence-corrected chi connectivity index (χ2v) is 21.3. The maximum absolute atomic E-state index is 12.8. The number of carbonyl (C=O) groups is 2. The van der Waals surface area contributed by atoms with Gasteiger partial charge in [-0.15, -0.1) is 0 Å². The molecule has 0 fully saturated rings. The fraction of sp³-hybridized carbons (Fsp3) is 0.529. The van der Waals surface area contributed by atoms with Gasteiger partial charge in [0.25, 0.3) is 7.82 Å². The number of likely N-dealkylation sites (N-methyl/N-ethyl adjacent to an activating group) is 1. The van der Waals surface area contributed by atoms with Gasteiger partial charge < -0.3 is 27.9 Å². The van der Waals surface area contributed by atoms with E-state index in [4.69, 9.17) is 18.5 Å². The lowest BCUT2D eigenvalue weighted by Crippen LogP contribution is -2.37. The first-order valence-electron chi connectivity index (χ1n) is 29.5. The highest BCUT2D eigenvalue weighted by Crippen LogP contribution is 2.38. The zero-order valence-corrected chi connectivity index (χ0v) is 50.2. The van der Waals surface area contributed by atoms with Gasteiger partial charge in [0, 0.05) is 12.8 Å². The smallest absolute Gasteiger partial charge is 0.306 e. The van der Waals surface area contributed by atoms with Crippen molar-refractivity contribution in [3.8, 4) is 0 Å². The normalized spacial score (nSPS) is 14.6. The van der Waals surface area contributed by atoms with E-state index >= 15 is 0 Å². The molecular formula is C68H106NO8P. The molecule has 0 saturated carbocycles. The largest absolute Gasteiger partial charge is 0.756 e. The third-order valence-electron chi connectivity index (χ3n) is 11.4. The number of unbranched alkanes of at least 4 members (excludes halogenated alkanes) is 7. The molecule has 0 aliphatic heterocycles. The Balaban J connectivity index is 4.35. The molecule has 2 unspecified atom stereocenters. The monoisotopic (exact) mass is 1100 g/mol. The summed E-state index contributed by atoms with van der Waals surface area (Å²) in [4.78, 5) is 37.9. The molecule has 10 heteroatoms. The second-order valence-electron chi connectivity index (χ2n) is 19.9. The Morgan fingerprint density at radius 3 is 1.05 bits per heavy atom. The van der Waals surface area contributed by atoms with E-state index in [1.807, 2.05) is 21.1 Å². The van der Waals surface area contributed by atoms with Crippen LogP contribution in [0.25, 0.3) is 0 Å². The number of hydrogen-bond donors (Lipinski definition) is 0. The van der Waals surface area contributed by atoms with Gasteiger partial charge in [0.05, 0.1) is 27.7 Å². The van der Waals surface area contributed by atoms with Crippen molar-refractivity contribution in [2.24, 2.45) is 0 Å². The summed E-state index contributed by atoms with van der Waals surface area (Å²) in [6.45, 7) is 3.90. The van der Waals surface area contributed by atoms with Crippen LogP contribution in [-0.4, -0.2) is 70.0 Å². The summed E-state index contributed by atoms with van der Waals surface area (Å²) in [5.74, 6) is -0.926. The lowest BCUT2D eigenvalue weighted by Gasteiger charge is -2.28. The molecule has 78 heavy (non-hydrogen) atoms. The Morgan fingerprint density at radius 1 is 0.397 bits per heavy atom. The fourth-order valence-electron chi connectivity index (χ4n) is 6.94. The molecular weight excluding hydrogens is 990 g/mol. The van der Waals surface area contributed by atoms with Crippen LogP contribution in [0.5, 0.6) is 0 Å². The van der Waals surface area contributed by atoms with Crippen molar-refractivity contribution in [2.75, 3.05) is 47.5 Å². The van der Waals surface area contributed by atoms with Crippen LogP contribution in [0.2, 0.25) is 0 Å². The van der Waals surface area contributed by atoms with Crippen molar-refractivity contribution < 1.29 is 42.1 Å². The standard InChI is InChI=1S/C68H106NO8P/c1-6-8-10-12-14-16-18-20-22-24-26-28-29-30-31-32-33-34-35-36-37-38-39-41-43-45-47-49-51-53-55-57-59-61-68(71)77-66(65-76-78(72,73)75-63-62-69(3,4)5)64-74-67(70)60-58-56-54-52-50-48-46-44-42-40-27-25-23-21-19-17-15-13-11-9-7-2/h8-11,14-17,20-23,26-28,30-31,33-34,36-37,39-41,44-47,51,53,66H,6-7,12-13,18-19,24-25,29,32,35,38,42-43,48-50,52,54-65H2,1-5H3/b10-8-,11-9-,16-14-,17-15-,22-20-,23-21-,28-26-,31-30-,34-33-,37-36-,40-27-,41-39-,46-44-,47-45-,53-51-. The highest BCUT2D eigenvalue weighted by atomic mass is 31.2. The summed E-state index contributed by atoms with van der Waals surface area (Å²) in [6, 6.07) is 0. The number of phosphoric ester groups is 1. The van der Waals surface area contributed by atoms with Crippen molar-refractivity contribution >= 4 is 19.8 Å². The minimum absolute atomic E-state index is 0.0546. The third-order valence-corrected chi connectivity index (χ3v) is 12.4. The van der Waals surface area contributed by atoms with Gasteiger partial charge in [-0.1, -0.05) is 215 Å². The summed E-state index contributed by atoms with van der Waals surface area (Å²) < 4.78 is 34.1. The van der Waals surface area contributed by atoms with Gasteiger partial charge in [-0.25, -0.2) is 0 Å². The third kappa shape index (κ3) is 60.3. The van der Waals surface area contributed by atoms with E-state index in [1.54, 1.807) is 0 Å². The minimum Gasteiger partial charge on any atom is -0.756 e. The zero-order chi connectivity index (χ0) is 57.0. The number of carbonyl (C=O) groups excluding carboxylic acids is 2. The van der Waals surface area contributed by atoms with Crippen molar-refractivity contribution in [2.45, 2.75) is 187 Å². The van der Waals surface area contributed by atoms with E-state index in [0.717, 1.165) is 141 Å². The van der Waals surface area contributed by atoms with Gasteiger partial charge in [-0.3, -0.25) is 14.2 Å². The van der Waals surface area contributed by atoms with Gasteiger partial charge in [0.2, 0.25) is 0 Å². The van der Waals surface area contributed by atoms with Crippen LogP contribution in [0.3, 0.4) is 0 Å². The van der Waals surface area contributed by atoms with Crippen LogP contribution in [0.1, 0.15) is 181 Å². The molecule has 2 atom stereocenters.